The zero-order valence-electron chi connectivity index (χ0n) is 12.3. The number of nitrogens with zero attached hydrogens (tertiary/aromatic N) is 3. The number of esters is 1. The second-order valence-corrected chi connectivity index (χ2v) is 4.22. The van der Waals surface area contributed by atoms with Gasteiger partial charge in [0.25, 0.3) is 0 Å². The molecule has 1 atom stereocenters. The molecule has 9 nitrogen and oxygen atoms in total. The quantitative estimate of drug-likeness (QED) is 0.421. The van der Waals surface area contributed by atoms with E-state index in [2.05, 4.69) is 20.6 Å². The van der Waals surface area contributed by atoms with Crippen molar-refractivity contribution < 1.29 is 14.5 Å². The van der Waals surface area contributed by atoms with Crippen molar-refractivity contribution in [3.63, 3.8) is 0 Å². The highest BCUT2D eigenvalue weighted by molar-refractivity contribution is 5.80. The number of hydrogen-bond acceptors (Lipinski definition) is 8. The van der Waals surface area contributed by atoms with Gasteiger partial charge >= 0.3 is 11.7 Å². The van der Waals surface area contributed by atoms with Gasteiger partial charge in [-0.2, -0.15) is 0 Å². The molecule has 0 aliphatic carbocycles. The third-order valence-corrected chi connectivity index (χ3v) is 2.54. The Morgan fingerprint density at radius 1 is 1.43 bits per heavy atom. The number of hydrogen-bond donors (Lipinski definition) is 2. The number of aromatic nitrogens is 2. The lowest BCUT2D eigenvalue weighted by Crippen LogP contribution is -2.29. The molecule has 0 saturated carbocycles. The highest BCUT2D eigenvalue weighted by atomic mass is 16.6. The van der Waals surface area contributed by atoms with Gasteiger partial charge in [-0.25, -0.2) is 14.8 Å². The molecule has 0 aliphatic heterocycles. The highest BCUT2D eigenvalue weighted by Crippen LogP contribution is 2.29. The summed E-state index contributed by atoms with van der Waals surface area (Å²) in [5, 5.41) is 16.8. The predicted octanol–water partition coefficient (Wildman–Crippen LogP) is 1.57. The molecule has 0 fully saturated rings. The van der Waals surface area contributed by atoms with Crippen LogP contribution in [0.15, 0.2) is 6.33 Å². The molecule has 0 aliphatic rings. The van der Waals surface area contributed by atoms with E-state index in [0.29, 0.717) is 6.54 Å². The van der Waals surface area contributed by atoms with Crippen molar-refractivity contribution in [1.29, 1.82) is 0 Å². The van der Waals surface area contributed by atoms with Gasteiger partial charge in [-0.05, 0) is 20.3 Å². The van der Waals surface area contributed by atoms with Gasteiger partial charge in [0.05, 0.1) is 11.5 Å². The van der Waals surface area contributed by atoms with Crippen LogP contribution in [0.5, 0.6) is 0 Å². The SMILES string of the molecule is CCCNc1ncnc(NC(C)C(=O)OCC)c1[N+](=O)[O-]. The Balaban J connectivity index is 3.00. The summed E-state index contributed by atoms with van der Waals surface area (Å²) in [5.74, 6) is -0.405. The number of carbonyl (C=O) groups is 1. The minimum Gasteiger partial charge on any atom is -0.464 e. The van der Waals surface area contributed by atoms with Gasteiger partial charge in [0.15, 0.2) is 0 Å². The summed E-state index contributed by atoms with van der Waals surface area (Å²) in [6, 6.07) is -0.752. The fraction of sp³-hybridized carbons (Fsp3) is 0.583. The second-order valence-electron chi connectivity index (χ2n) is 4.22. The van der Waals surface area contributed by atoms with Crippen molar-refractivity contribution in [2.75, 3.05) is 23.8 Å². The van der Waals surface area contributed by atoms with Crippen LogP contribution in [0, 0.1) is 10.1 Å². The summed E-state index contributed by atoms with van der Waals surface area (Å²) in [4.78, 5) is 29.9. The molecule has 2 N–H and O–H groups in total. The van der Waals surface area contributed by atoms with Crippen molar-refractivity contribution in [2.24, 2.45) is 0 Å². The molecular formula is C12H19N5O4. The van der Waals surface area contributed by atoms with E-state index in [1.54, 1.807) is 13.8 Å². The van der Waals surface area contributed by atoms with Crippen LogP contribution in [0.1, 0.15) is 27.2 Å². The molecule has 1 aromatic rings. The van der Waals surface area contributed by atoms with Crippen LogP contribution in [0.3, 0.4) is 0 Å². The molecule has 9 heteroatoms. The molecule has 0 aromatic carbocycles. The first-order valence-corrected chi connectivity index (χ1v) is 6.67. The predicted molar refractivity (Wildman–Crippen MR) is 77.2 cm³/mol. The average Bonchev–Trinajstić information content (AvgIpc) is 2.44. The molecule has 21 heavy (non-hydrogen) atoms. The lowest BCUT2D eigenvalue weighted by Gasteiger charge is -2.14. The molecule has 0 bridgehead atoms. The van der Waals surface area contributed by atoms with Crippen LogP contribution in [-0.4, -0.2) is 40.1 Å². The van der Waals surface area contributed by atoms with E-state index in [1.165, 1.54) is 6.33 Å². The lowest BCUT2D eigenvalue weighted by atomic mass is 10.3. The topological polar surface area (TPSA) is 119 Å². The van der Waals surface area contributed by atoms with E-state index >= 15 is 0 Å². The Hall–Kier alpha value is -2.45. The van der Waals surface area contributed by atoms with Gasteiger partial charge in [0, 0.05) is 6.54 Å². The van der Waals surface area contributed by atoms with Crippen molar-refractivity contribution >= 4 is 23.3 Å². The summed E-state index contributed by atoms with van der Waals surface area (Å²) in [7, 11) is 0. The van der Waals surface area contributed by atoms with E-state index < -0.39 is 16.9 Å². The fourth-order valence-electron chi connectivity index (χ4n) is 1.56. The Morgan fingerprint density at radius 2 is 2.10 bits per heavy atom. The maximum absolute atomic E-state index is 11.6. The van der Waals surface area contributed by atoms with E-state index in [0.717, 1.165) is 6.42 Å². The average molecular weight is 297 g/mol. The number of nitro groups is 1. The molecule has 1 rings (SSSR count). The minimum absolute atomic E-state index is 0.0193. The maximum atomic E-state index is 11.6. The molecule has 0 saturated heterocycles. The maximum Gasteiger partial charge on any atom is 0.353 e. The largest absolute Gasteiger partial charge is 0.464 e. The summed E-state index contributed by atoms with van der Waals surface area (Å²) in [6.45, 7) is 5.94. The van der Waals surface area contributed by atoms with E-state index in [-0.39, 0.29) is 23.9 Å². The van der Waals surface area contributed by atoms with Crippen molar-refractivity contribution in [3.05, 3.63) is 16.4 Å². The number of rotatable bonds is 8. The van der Waals surface area contributed by atoms with Crippen LogP contribution >= 0.6 is 0 Å². The number of nitrogens with one attached hydrogen (secondary N) is 2. The smallest absolute Gasteiger partial charge is 0.353 e. The standard InChI is InChI=1S/C12H19N5O4/c1-4-6-13-10-9(17(19)20)11(15-7-14-10)16-8(3)12(18)21-5-2/h7-8H,4-6H2,1-3H3,(H2,13,14,15,16). The summed E-state index contributed by atoms with van der Waals surface area (Å²) in [5.41, 5.74) is -0.290. The molecular weight excluding hydrogens is 278 g/mol. The van der Waals surface area contributed by atoms with Crippen LogP contribution < -0.4 is 10.6 Å². The molecule has 0 spiro atoms. The van der Waals surface area contributed by atoms with Gasteiger partial charge in [0.1, 0.15) is 12.4 Å². The molecule has 116 valence electrons. The Labute approximate surface area is 122 Å². The first-order chi connectivity index (χ1) is 10.0. The van der Waals surface area contributed by atoms with Gasteiger partial charge < -0.3 is 15.4 Å². The summed E-state index contributed by atoms with van der Waals surface area (Å²) >= 11 is 0. The zero-order valence-corrected chi connectivity index (χ0v) is 12.3. The second kappa shape index (κ2) is 7.98. The first-order valence-electron chi connectivity index (χ1n) is 6.67. The lowest BCUT2D eigenvalue weighted by molar-refractivity contribution is -0.383. The summed E-state index contributed by atoms with van der Waals surface area (Å²) in [6.07, 6.45) is 1.99. The Kier molecular flexibility index (Phi) is 6.31. The third kappa shape index (κ3) is 4.55. The van der Waals surface area contributed by atoms with Crippen LogP contribution in [0.2, 0.25) is 0 Å². The van der Waals surface area contributed by atoms with Gasteiger partial charge in [-0.1, -0.05) is 6.92 Å². The minimum atomic E-state index is -0.752. The molecule has 1 unspecified atom stereocenters. The number of carbonyl (C=O) groups excluding carboxylic acids is 1. The van der Waals surface area contributed by atoms with Crippen molar-refractivity contribution in [3.8, 4) is 0 Å². The first kappa shape index (κ1) is 16.6. The van der Waals surface area contributed by atoms with Gasteiger partial charge in [-0.15, -0.1) is 0 Å². The summed E-state index contributed by atoms with van der Waals surface area (Å²) < 4.78 is 4.84. The van der Waals surface area contributed by atoms with Gasteiger partial charge in [0.2, 0.25) is 11.6 Å². The van der Waals surface area contributed by atoms with Crippen molar-refractivity contribution in [2.45, 2.75) is 33.2 Å². The van der Waals surface area contributed by atoms with E-state index in [9.17, 15) is 14.9 Å². The fourth-order valence-corrected chi connectivity index (χ4v) is 1.56. The van der Waals surface area contributed by atoms with Crippen molar-refractivity contribution in [1.82, 2.24) is 9.97 Å². The number of anilines is 2. The molecule has 1 heterocycles. The zero-order chi connectivity index (χ0) is 15.8. The van der Waals surface area contributed by atoms with E-state index in [4.69, 9.17) is 4.74 Å². The van der Waals surface area contributed by atoms with Crippen LogP contribution in [-0.2, 0) is 9.53 Å². The normalized spacial score (nSPS) is 11.6. The highest BCUT2D eigenvalue weighted by Gasteiger charge is 2.25. The van der Waals surface area contributed by atoms with Crippen LogP contribution in [0.25, 0.3) is 0 Å². The third-order valence-electron chi connectivity index (χ3n) is 2.54. The van der Waals surface area contributed by atoms with Crippen LogP contribution in [0.4, 0.5) is 17.3 Å². The molecule has 1 aromatic heterocycles. The molecule has 0 amide bonds. The molecule has 0 radical (unpaired) electrons. The van der Waals surface area contributed by atoms with Gasteiger partial charge in [-0.3, -0.25) is 10.1 Å². The van der Waals surface area contributed by atoms with E-state index in [1.807, 2.05) is 6.92 Å². The Bertz CT molecular complexity index is 508. The monoisotopic (exact) mass is 297 g/mol. The number of ether oxygens (including phenoxy) is 1. The Morgan fingerprint density at radius 3 is 2.67 bits per heavy atom.